The summed E-state index contributed by atoms with van der Waals surface area (Å²) < 4.78 is 40.0. The first-order valence-corrected chi connectivity index (χ1v) is 12.0. The molecule has 0 radical (unpaired) electrons. The minimum Gasteiger partial charge on any atom is -0.336 e. The SMILES string of the molecule is CC1(C)[C@@H]2CC[C@@]1(C(=O)N(C1CCCCC1)C1CCCCC1)C(=O)[C@@H]2C(=O)C(F)(F)F. The number of carbonyl (C=O) groups is 3. The first kappa shape index (κ1) is 22.8. The second kappa shape index (κ2) is 7.87. The predicted octanol–water partition coefficient (Wildman–Crippen LogP) is 5.23. The van der Waals surface area contributed by atoms with Crippen LogP contribution in [0, 0.1) is 22.7 Å². The van der Waals surface area contributed by atoms with Crippen molar-refractivity contribution in [3.63, 3.8) is 0 Å². The largest absolute Gasteiger partial charge is 0.450 e. The molecule has 0 saturated heterocycles. The smallest absolute Gasteiger partial charge is 0.336 e. The van der Waals surface area contributed by atoms with Crippen LogP contribution in [0.5, 0.6) is 0 Å². The number of carbonyl (C=O) groups excluding carboxylic acids is 3. The van der Waals surface area contributed by atoms with Crippen LogP contribution in [0.15, 0.2) is 0 Å². The van der Waals surface area contributed by atoms with Crippen molar-refractivity contribution in [2.45, 2.75) is 109 Å². The first-order chi connectivity index (χ1) is 14.5. The number of ketones is 2. The van der Waals surface area contributed by atoms with E-state index in [1.807, 2.05) is 4.90 Å². The Bertz CT molecular complexity index is 732. The van der Waals surface area contributed by atoms with Gasteiger partial charge in [-0.2, -0.15) is 13.2 Å². The van der Waals surface area contributed by atoms with E-state index in [1.165, 1.54) is 0 Å². The average Bonchev–Trinajstić information content (AvgIpc) is 3.09. The van der Waals surface area contributed by atoms with Gasteiger partial charge in [0.05, 0.1) is 5.92 Å². The summed E-state index contributed by atoms with van der Waals surface area (Å²) in [5, 5.41) is 0. The number of hydrogen-bond acceptors (Lipinski definition) is 3. The van der Waals surface area contributed by atoms with Crippen LogP contribution in [0.2, 0.25) is 0 Å². The minimum absolute atomic E-state index is 0.0544. The molecule has 0 aromatic carbocycles. The van der Waals surface area contributed by atoms with Crippen molar-refractivity contribution >= 4 is 17.5 Å². The van der Waals surface area contributed by atoms with E-state index in [1.54, 1.807) is 13.8 Å². The highest BCUT2D eigenvalue weighted by Gasteiger charge is 2.75. The van der Waals surface area contributed by atoms with Crippen LogP contribution in [0.4, 0.5) is 13.2 Å². The Morgan fingerprint density at radius 1 is 0.871 bits per heavy atom. The summed E-state index contributed by atoms with van der Waals surface area (Å²) in [6.07, 6.45) is 5.47. The van der Waals surface area contributed by atoms with Gasteiger partial charge in [-0.25, -0.2) is 0 Å². The predicted molar refractivity (Wildman–Crippen MR) is 109 cm³/mol. The number of amides is 1. The fraction of sp³-hybridized carbons (Fsp3) is 0.875. The maximum absolute atomic E-state index is 14.3. The van der Waals surface area contributed by atoms with E-state index in [0.29, 0.717) is 6.42 Å². The van der Waals surface area contributed by atoms with Crippen LogP contribution in [-0.4, -0.2) is 40.6 Å². The second-order valence-corrected chi connectivity index (χ2v) is 10.8. The Balaban J connectivity index is 1.73. The van der Waals surface area contributed by atoms with Gasteiger partial charge in [-0.3, -0.25) is 14.4 Å². The quantitative estimate of drug-likeness (QED) is 0.561. The minimum atomic E-state index is -5.06. The normalized spacial score (nSPS) is 34.2. The van der Waals surface area contributed by atoms with Gasteiger partial charge >= 0.3 is 6.18 Å². The summed E-state index contributed by atoms with van der Waals surface area (Å²) in [6, 6.07) is 0.109. The van der Waals surface area contributed by atoms with E-state index in [0.717, 1.165) is 64.2 Å². The Morgan fingerprint density at radius 3 is 1.81 bits per heavy atom. The Hall–Kier alpha value is -1.40. The maximum atomic E-state index is 14.3. The van der Waals surface area contributed by atoms with Gasteiger partial charge in [0.1, 0.15) is 5.41 Å². The second-order valence-electron chi connectivity index (χ2n) is 10.8. The number of alkyl halides is 3. The van der Waals surface area contributed by atoms with Gasteiger partial charge < -0.3 is 4.90 Å². The van der Waals surface area contributed by atoms with Crippen LogP contribution in [0.25, 0.3) is 0 Å². The van der Waals surface area contributed by atoms with Crippen LogP contribution in [0.1, 0.15) is 90.9 Å². The zero-order chi connectivity index (χ0) is 22.6. The van der Waals surface area contributed by atoms with E-state index in [9.17, 15) is 27.6 Å². The molecule has 0 aliphatic heterocycles. The highest BCUT2D eigenvalue weighted by Crippen LogP contribution is 2.67. The summed E-state index contributed by atoms with van der Waals surface area (Å²) in [4.78, 5) is 42.0. The molecule has 4 rings (SSSR count). The molecule has 31 heavy (non-hydrogen) atoms. The summed E-state index contributed by atoms with van der Waals surface area (Å²) in [7, 11) is 0. The van der Waals surface area contributed by atoms with E-state index < -0.39 is 40.4 Å². The van der Waals surface area contributed by atoms with Gasteiger partial charge in [0.15, 0.2) is 5.78 Å². The van der Waals surface area contributed by atoms with Crippen molar-refractivity contribution in [2.75, 3.05) is 0 Å². The molecule has 0 N–H and O–H groups in total. The Kier molecular flexibility index (Phi) is 5.79. The first-order valence-electron chi connectivity index (χ1n) is 12.0. The monoisotopic (exact) mass is 441 g/mol. The molecule has 1 amide bonds. The summed E-state index contributed by atoms with van der Waals surface area (Å²) >= 11 is 0. The lowest BCUT2D eigenvalue weighted by molar-refractivity contribution is -0.179. The molecule has 7 heteroatoms. The van der Waals surface area contributed by atoms with E-state index in [2.05, 4.69) is 0 Å². The molecule has 0 aromatic rings. The molecule has 0 spiro atoms. The Morgan fingerprint density at radius 2 is 1.35 bits per heavy atom. The lowest BCUT2D eigenvalue weighted by Crippen LogP contribution is -2.59. The van der Waals surface area contributed by atoms with Gasteiger partial charge in [-0.05, 0) is 49.9 Å². The third-order valence-electron chi connectivity index (χ3n) is 9.06. The van der Waals surface area contributed by atoms with E-state index >= 15 is 0 Å². The average molecular weight is 442 g/mol. The summed E-state index contributed by atoms with van der Waals surface area (Å²) in [5.74, 6) is -5.46. The molecule has 4 nitrogen and oxygen atoms in total. The van der Waals surface area contributed by atoms with Gasteiger partial charge in [0, 0.05) is 12.1 Å². The number of nitrogens with zero attached hydrogens (tertiary/aromatic N) is 1. The van der Waals surface area contributed by atoms with Crippen LogP contribution in [-0.2, 0) is 14.4 Å². The molecule has 0 aromatic heterocycles. The zero-order valence-corrected chi connectivity index (χ0v) is 18.6. The van der Waals surface area contributed by atoms with Crippen LogP contribution < -0.4 is 0 Å². The van der Waals surface area contributed by atoms with Crippen LogP contribution in [0.3, 0.4) is 0 Å². The van der Waals surface area contributed by atoms with Gasteiger partial charge in [0.25, 0.3) is 0 Å². The highest BCUT2D eigenvalue weighted by molar-refractivity contribution is 6.18. The van der Waals surface area contributed by atoms with Crippen molar-refractivity contribution in [1.29, 1.82) is 0 Å². The molecule has 3 atom stereocenters. The fourth-order valence-electron chi connectivity index (χ4n) is 7.38. The molecular formula is C24H34F3NO3. The topological polar surface area (TPSA) is 54.5 Å². The molecule has 4 saturated carbocycles. The van der Waals surface area contributed by atoms with Crippen LogP contribution >= 0.6 is 0 Å². The number of hydrogen-bond donors (Lipinski definition) is 0. The maximum Gasteiger partial charge on any atom is 0.450 e. The van der Waals surface area contributed by atoms with Crippen molar-refractivity contribution in [1.82, 2.24) is 4.90 Å². The molecule has 4 aliphatic carbocycles. The molecule has 0 unspecified atom stereocenters. The van der Waals surface area contributed by atoms with Gasteiger partial charge in [0.2, 0.25) is 11.7 Å². The molecular weight excluding hydrogens is 407 g/mol. The highest BCUT2D eigenvalue weighted by atomic mass is 19.4. The Labute approximate surface area is 182 Å². The molecule has 4 aliphatic rings. The lowest BCUT2D eigenvalue weighted by Gasteiger charge is -2.47. The van der Waals surface area contributed by atoms with Crippen molar-refractivity contribution in [3.8, 4) is 0 Å². The van der Waals surface area contributed by atoms with Crippen molar-refractivity contribution in [3.05, 3.63) is 0 Å². The molecule has 2 bridgehead atoms. The number of rotatable bonds is 4. The standard InChI is InChI=1S/C24H34F3NO3/c1-22(2)17-13-14-23(22,19(29)18(17)20(30)24(25,26)27)21(31)28(15-9-5-3-6-10-15)16-11-7-4-8-12-16/h15-18H,3-14H2,1-2H3/t17-,18-,23+/m1/s1. The van der Waals surface area contributed by atoms with E-state index in [-0.39, 0.29) is 24.4 Å². The molecule has 4 fully saturated rings. The summed E-state index contributed by atoms with van der Waals surface area (Å²) in [5.41, 5.74) is -2.45. The lowest BCUT2D eigenvalue weighted by atomic mass is 9.67. The van der Waals surface area contributed by atoms with Crippen molar-refractivity contribution < 1.29 is 27.6 Å². The number of halogens is 3. The molecule has 0 heterocycles. The third kappa shape index (κ3) is 3.36. The summed E-state index contributed by atoms with van der Waals surface area (Å²) in [6.45, 7) is 3.48. The fourth-order valence-corrected chi connectivity index (χ4v) is 7.38. The number of Topliss-reactive ketones (excluding diaryl/α,β-unsaturated/α-hetero) is 2. The van der Waals surface area contributed by atoms with Crippen molar-refractivity contribution in [2.24, 2.45) is 22.7 Å². The molecule has 174 valence electrons. The third-order valence-corrected chi connectivity index (χ3v) is 9.06. The zero-order valence-electron chi connectivity index (χ0n) is 18.6. The van der Waals surface area contributed by atoms with Gasteiger partial charge in [-0.15, -0.1) is 0 Å². The van der Waals surface area contributed by atoms with Gasteiger partial charge in [-0.1, -0.05) is 52.4 Å². The number of fused-ring (bicyclic) bond motifs is 2. The van der Waals surface area contributed by atoms with E-state index in [4.69, 9.17) is 0 Å².